The molecule has 2 N–H and O–H groups in total. The molecule has 2 heterocycles. The number of aromatic nitrogens is 2. The average Bonchev–Trinajstić information content (AvgIpc) is 2.71. The first-order valence-corrected chi connectivity index (χ1v) is 6.83. The summed E-state index contributed by atoms with van der Waals surface area (Å²) in [5.74, 6) is -1.64. The highest BCUT2D eigenvalue weighted by Gasteiger charge is 2.17. The molecule has 0 bridgehead atoms. The molecule has 2 aromatic heterocycles. The summed E-state index contributed by atoms with van der Waals surface area (Å²) in [6, 6.07) is 3.16. The van der Waals surface area contributed by atoms with E-state index in [0.29, 0.717) is 5.13 Å². The van der Waals surface area contributed by atoms with Crippen molar-refractivity contribution in [2.24, 2.45) is 0 Å². The molecule has 20 heavy (non-hydrogen) atoms. The van der Waals surface area contributed by atoms with E-state index in [0.717, 1.165) is 10.6 Å². The van der Waals surface area contributed by atoms with Gasteiger partial charge in [-0.15, -0.1) is 11.3 Å². The van der Waals surface area contributed by atoms with Crippen molar-refractivity contribution in [1.29, 1.82) is 0 Å². The van der Waals surface area contributed by atoms with E-state index >= 15 is 0 Å². The normalized spacial score (nSPS) is 10.2. The molecular weight excluding hydrogens is 300 g/mol. The quantitative estimate of drug-likeness (QED) is 0.659. The van der Waals surface area contributed by atoms with E-state index < -0.39 is 11.8 Å². The Morgan fingerprint density at radius 2 is 1.95 bits per heavy atom. The molecule has 6 nitrogen and oxygen atoms in total. The molecule has 0 aliphatic carbocycles. The predicted octanol–water partition coefficient (Wildman–Crippen LogP) is 2.39. The van der Waals surface area contributed by atoms with Crippen LogP contribution in [0.3, 0.4) is 0 Å². The minimum atomic E-state index is -0.828. The monoisotopic (exact) mass is 310 g/mol. The Balaban J connectivity index is 2.02. The molecule has 8 heteroatoms. The fraction of sp³-hybridized carbons (Fsp3) is 0.167. The number of rotatable bonds is 2. The molecule has 0 unspecified atom stereocenters. The van der Waals surface area contributed by atoms with Crippen molar-refractivity contribution < 1.29 is 9.59 Å². The van der Waals surface area contributed by atoms with Gasteiger partial charge < -0.3 is 5.32 Å². The van der Waals surface area contributed by atoms with Gasteiger partial charge >= 0.3 is 11.8 Å². The molecule has 2 aromatic rings. The zero-order chi connectivity index (χ0) is 14.7. The van der Waals surface area contributed by atoms with Crippen LogP contribution in [0.1, 0.15) is 10.6 Å². The maximum absolute atomic E-state index is 11.7. The Morgan fingerprint density at radius 3 is 2.55 bits per heavy atom. The molecule has 0 aliphatic heterocycles. The van der Waals surface area contributed by atoms with Crippen molar-refractivity contribution in [1.82, 2.24) is 9.97 Å². The second-order valence-corrected chi connectivity index (χ2v) is 5.47. The number of carbonyl (C=O) groups is 2. The van der Waals surface area contributed by atoms with Crippen LogP contribution in [-0.4, -0.2) is 21.8 Å². The predicted molar refractivity (Wildman–Crippen MR) is 78.1 cm³/mol. The number of amides is 2. The van der Waals surface area contributed by atoms with E-state index in [1.807, 2.05) is 13.8 Å². The lowest BCUT2D eigenvalue weighted by Gasteiger charge is -2.05. The van der Waals surface area contributed by atoms with Crippen LogP contribution in [-0.2, 0) is 9.59 Å². The fourth-order valence-corrected chi connectivity index (χ4v) is 2.31. The van der Waals surface area contributed by atoms with E-state index in [9.17, 15) is 9.59 Å². The minimum absolute atomic E-state index is 0.120. The third-order valence-electron chi connectivity index (χ3n) is 2.46. The molecule has 0 saturated heterocycles. The van der Waals surface area contributed by atoms with E-state index in [1.165, 1.54) is 17.5 Å². The number of halogens is 1. The maximum Gasteiger partial charge on any atom is 0.315 e. The first-order valence-electron chi connectivity index (χ1n) is 5.64. The Kier molecular flexibility index (Phi) is 4.31. The van der Waals surface area contributed by atoms with Gasteiger partial charge in [-0.25, -0.2) is 9.97 Å². The van der Waals surface area contributed by atoms with Crippen molar-refractivity contribution in [3.05, 3.63) is 34.1 Å². The van der Waals surface area contributed by atoms with Crippen LogP contribution in [0.5, 0.6) is 0 Å². The number of aryl methyl sites for hydroxylation is 2. The van der Waals surface area contributed by atoms with Crippen LogP contribution in [0.4, 0.5) is 10.8 Å². The number of nitrogens with one attached hydrogen (secondary N) is 2. The first-order chi connectivity index (χ1) is 9.47. The summed E-state index contributed by atoms with van der Waals surface area (Å²) in [5.41, 5.74) is 1.10. The zero-order valence-corrected chi connectivity index (χ0v) is 12.3. The average molecular weight is 311 g/mol. The van der Waals surface area contributed by atoms with Crippen LogP contribution < -0.4 is 10.6 Å². The molecule has 2 amide bonds. The number of pyridine rings is 1. The van der Waals surface area contributed by atoms with Crippen molar-refractivity contribution >= 4 is 45.6 Å². The smallest absolute Gasteiger partial charge is 0.315 e. The van der Waals surface area contributed by atoms with Crippen molar-refractivity contribution in [3.8, 4) is 0 Å². The molecule has 0 spiro atoms. The highest BCUT2D eigenvalue weighted by atomic mass is 35.5. The van der Waals surface area contributed by atoms with E-state index in [4.69, 9.17) is 11.6 Å². The summed E-state index contributed by atoms with van der Waals surface area (Å²) in [7, 11) is 0. The molecule has 0 aliphatic rings. The lowest BCUT2D eigenvalue weighted by molar-refractivity contribution is -0.133. The molecular formula is C12H11ClN4O2S. The molecule has 0 saturated carbocycles. The molecule has 104 valence electrons. The van der Waals surface area contributed by atoms with Gasteiger partial charge in [0.2, 0.25) is 0 Å². The van der Waals surface area contributed by atoms with Gasteiger partial charge in [0, 0.05) is 11.1 Å². The highest BCUT2D eigenvalue weighted by Crippen LogP contribution is 2.21. The number of nitrogens with zero attached hydrogens (tertiary/aromatic N) is 2. The number of hydrogen-bond donors (Lipinski definition) is 2. The summed E-state index contributed by atoms with van der Waals surface area (Å²) < 4.78 is 0. The molecule has 0 atom stereocenters. The van der Waals surface area contributed by atoms with Crippen LogP contribution in [0.2, 0.25) is 5.15 Å². The van der Waals surface area contributed by atoms with Gasteiger partial charge in [-0.1, -0.05) is 11.6 Å². The number of thiazole rings is 1. The zero-order valence-electron chi connectivity index (χ0n) is 10.7. The standard InChI is InChI=1S/C12H11ClN4O2S/c1-6-7(2)20-12(15-6)17-11(19)10(18)16-8-4-3-5-14-9(8)13/h3-5H,1-2H3,(H,16,18)(H,15,17,19). The summed E-state index contributed by atoms with van der Waals surface area (Å²) in [6.45, 7) is 3.72. The third-order valence-corrected chi connectivity index (χ3v) is 3.75. The lowest BCUT2D eigenvalue weighted by atomic mass is 10.4. The molecule has 0 radical (unpaired) electrons. The van der Waals surface area contributed by atoms with Gasteiger partial charge in [0.05, 0.1) is 11.4 Å². The van der Waals surface area contributed by atoms with Crippen molar-refractivity contribution in [2.75, 3.05) is 10.6 Å². The van der Waals surface area contributed by atoms with Gasteiger partial charge in [0.1, 0.15) is 0 Å². The van der Waals surface area contributed by atoms with Crippen LogP contribution in [0.15, 0.2) is 18.3 Å². The van der Waals surface area contributed by atoms with Gasteiger partial charge in [-0.05, 0) is 26.0 Å². The van der Waals surface area contributed by atoms with Gasteiger partial charge in [0.25, 0.3) is 0 Å². The largest absolute Gasteiger partial charge is 0.315 e. The summed E-state index contributed by atoms with van der Waals surface area (Å²) >= 11 is 7.10. The number of anilines is 2. The number of hydrogen-bond acceptors (Lipinski definition) is 5. The lowest BCUT2D eigenvalue weighted by Crippen LogP contribution is -2.29. The molecule has 2 rings (SSSR count). The van der Waals surface area contributed by atoms with Crippen LogP contribution in [0, 0.1) is 13.8 Å². The van der Waals surface area contributed by atoms with Gasteiger partial charge in [-0.3, -0.25) is 14.9 Å². The number of carbonyl (C=O) groups excluding carboxylic acids is 2. The van der Waals surface area contributed by atoms with E-state index in [-0.39, 0.29) is 10.8 Å². The summed E-state index contributed by atoms with van der Waals surface area (Å²) in [6.07, 6.45) is 1.49. The third kappa shape index (κ3) is 3.31. The molecule has 0 fully saturated rings. The fourth-order valence-electron chi connectivity index (χ4n) is 1.34. The maximum atomic E-state index is 11.7. The second-order valence-electron chi connectivity index (χ2n) is 3.91. The van der Waals surface area contributed by atoms with Crippen LogP contribution >= 0.6 is 22.9 Å². The van der Waals surface area contributed by atoms with Crippen molar-refractivity contribution in [2.45, 2.75) is 13.8 Å². The van der Waals surface area contributed by atoms with Gasteiger partial charge in [0.15, 0.2) is 10.3 Å². The SMILES string of the molecule is Cc1nc(NC(=O)C(=O)Nc2cccnc2Cl)sc1C. The van der Waals surface area contributed by atoms with E-state index in [2.05, 4.69) is 20.6 Å². The Labute approximate surface area is 124 Å². The Hall–Kier alpha value is -1.99. The van der Waals surface area contributed by atoms with E-state index in [1.54, 1.807) is 12.1 Å². The molecule has 0 aromatic carbocycles. The minimum Gasteiger partial charge on any atom is -0.315 e. The second kappa shape index (κ2) is 5.98. The van der Waals surface area contributed by atoms with Crippen LogP contribution in [0.25, 0.3) is 0 Å². The Morgan fingerprint density at radius 1 is 1.25 bits per heavy atom. The summed E-state index contributed by atoms with van der Waals surface area (Å²) in [4.78, 5) is 32.4. The highest BCUT2D eigenvalue weighted by molar-refractivity contribution is 7.15. The Bertz CT molecular complexity index is 652. The summed E-state index contributed by atoms with van der Waals surface area (Å²) in [5, 5.41) is 5.33. The first kappa shape index (κ1) is 14.4. The topological polar surface area (TPSA) is 84.0 Å². The van der Waals surface area contributed by atoms with Crippen molar-refractivity contribution in [3.63, 3.8) is 0 Å². The van der Waals surface area contributed by atoms with Gasteiger partial charge in [-0.2, -0.15) is 0 Å².